The zero-order chi connectivity index (χ0) is 19.4. The molecular formula is C19H23ClN6O. The third-order valence-electron chi connectivity index (χ3n) is 4.36. The first-order valence-electron chi connectivity index (χ1n) is 8.73. The van der Waals surface area contributed by atoms with E-state index in [1.54, 1.807) is 23.4 Å². The van der Waals surface area contributed by atoms with Gasteiger partial charge in [-0.3, -0.25) is 4.79 Å². The van der Waals surface area contributed by atoms with E-state index in [0.29, 0.717) is 18.1 Å². The van der Waals surface area contributed by atoms with Gasteiger partial charge in [-0.25, -0.2) is 9.67 Å². The van der Waals surface area contributed by atoms with Gasteiger partial charge in [0.05, 0.1) is 25.1 Å². The molecular weight excluding hydrogens is 364 g/mol. The highest BCUT2D eigenvalue weighted by atomic mass is 35.5. The number of carbonyl (C=O) groups excluding carboxylic acids is 1. The first-order chi connectivity index (χ1) is 12.8. The number of hydrogen-bond donors (Lipinski definition) is 1. The van der Waals surface area contributed by atoms with Crippen LogP contribution in [-0.4, -0.2) is 36.5 Å². The minimum atomic E-state index is -0.250. The molecule has 0 saturated heterocycles. The van der Waals surface area contributed by atoms with Gasteiger partial charge in [0, 0.05) is 24.0 Å². The summed E-state index contributed by atoms with van der Waals surface area (Å²) in [6.45, 7) is 7.34. The van der Waals surface area contributed by atoms with E-state index in [9.17, 15) is 4.79 Å². The van der Waals surface area contributed by atoms with Crippen LogP contribution < -0.4 is 5.32 Å². The number of hydrogen-bond acceptors (Lipinski definition) is 4. The zero-order valence-electron chi connectivity index (χ0n) is 15.6. The Kier molecular flexibility index (Phi) is 5.60. The van der Waals surface area contributed by atoms with Gasteiger partial charge >= 0.3 is 0 Å². The zero-order valence-corrected chi connectivity index (χ0v) is 16.4. The standard InChI is InChI=1S/C19H23ClN6O/c1-19(2,3)17(12-25-9-8-21-13-25)22-18(27)16-11-26(24-23-16)10-14-6-4-5-7-15(14)20/h4-9,11,13,17H,10,12H2,1-3H3,(H,22,27)/t17-/m1/s1. The summed E-state index contributed by atoms with van der Waals surface area (Å²) in [6, 6.07) is 7.44. The van der Waals surface area contributed by atoms with Crippen LogP contribution in [0.25, 0.3) is 0 Å². The maximum Gasteiger partial charge on any atom is 0.273 e. The molecule has 3 aromatic rings. The second-order valence-corrected chi connectivity index (χ2v) is 7.95. The van der Waals surface area contributed by atoms with Crippen molar-refractivity contribution in [1.82, 2.24) is 29.9 Å². The van der Waals surface area contributed by atoms with Crippen molar-refractivity contribution in [3.63, 3.8) is 0 Å². The van der Waals surface area contributed by atoms with Gasteiger partial charge in [0.25, 0.3) is 5.91 Å². The van der Waals surface area contributed by atoms with Crippen molar-refractivity contribution in [3.05, 3.63) is 65.5 Å². The fourth-order valence-electron chi connectivity index (χ4n) is 2.65. The number of carbonyl (C=O) groups is 1. The summed E-state index contributed by atoms with van der Waals surface area (Å²) in [4.78, 5) is 16.7. The van der Waals surface area contributed by atoms with Crippen LogP contribution in [0.3, 0.4) is 0 Å². The van der Waals surface area contributed by atoms with Crippen molar-refractivity contribution in [2.45, 2.75) is 39.9 Å². The minimum absolute atomic E-state index is 0.0899. The van der Waals surface area contributed by atoms with Crippen molar-refractivity contribution >= 4 is 17.5 Å². The summed E-state index contributed by atoms with van der Waals surface area (Å²) in [6.07, 6.45) is 6.98. The van der Waals surface area contributed by atoms with E-state index in [1.807, 2.05) is 35.0 Å². The molecule has 7 nitrogen and oxygen atoms in total. The molecule has 8 heteroatoms. The van der Waals surface area contributed by atoms with Gasteiger partial charge in [0.1, 0.15) is 0 Å². The highest BCUT2D eigenvalue weighted by Gasteiger charge is 2.27. The normalized spacial score (nSPS) is 12.7. The molecule has 0 radical (unpaired) electrons. The molecule has 3 rings (SSSR count). The van der Waals surface area contributed by atoms with E-state index < -0.39 is 0 Å². The van der Waals surface area contributed by atoms with E-state index in [-0.39, 0.29) is 23.1 Å². The monoisotopic (exact) mass is 386 g/mol. The van der Waals surface area contributed by atoms with Gasteiger partial charge in [0.15, 0.2) is 5.69 Å². The van der Waals surface area contributed by atoms with E-state index in [4.69, 9.17) is 11.6 Å². The number of benzene rings is 1. The van der Waals surface area contributed by atoms with Crippen LogP contribution in [0.15, 0.2) is 49.2 Å². The number of nitrogens with zero attached hydrogens (tertiary/aromatic N) is 5. The SMILES string of the molecule is CC(C)(C)[C@@H](Cn1ccnc1)NC(=O)c1cn(Cc2ccccc2Cl)nn1. The first-order valence-corrected chi connectivity index (χ1v) is 9.11. The third kappa shape index (κ3) is 4.95. The van der Waals surface area contributed by atoms with E-state index in [0.717, 1.165) is 5.56 Å². The topological polar surface area (TPSA) is 77.6 Å². The fourth-order valence-corrected chi connectivity index (χ4v) is 2.85. The summed E-state index contributed by atoms with van der Waals surface area (Å²) < 4.78 is 3.56. The average molecular weight is 387 g/mol. The summed E-state index contributed by atoms with van der Waals surface area (Å²) in [5.74, 6) is -0.250. The van der Waals surface area contributed by atoms with E-state index >= 15 is 0 Å². The molecule has 0 aliphatic rings. The molecule has 0 aliphatic heterocycles. The van der Waals surface area contributed by atoms with Gasteiger partial charge < -0.3 is 9.88 Å². The lowest BCUT2D eigenvalue weighted by molar-refractivity contribution is 0.0887. The van der Waals surface area contributed by atoms with E-state index in [1.165, 1.54) is 0 Å². The fraction of sp³-hybridized carbons (Fsp3) is 0.368. The van der Waals surface area contributed by atoms with Crippen LogP contribution in [-0.2, 0) is 13.1 Å². The van der Waals surface area contributed by atoms with Gasteiger partial charge in [-0.1, -0.05) is 55.8 Å². The quantitative estimate of drug-likeness (QED) is 0.706. The Hall–Kier alpha value is -2.67. The van der Waals surface area contributed by atoms with Gasteiger partial charge in [-0.15, -0.1) is 5.10 Å². The van der Waals surface area contributed by atoms with E-state index in [2.05, 4.69) is 41.4 Å². The van der Waals surface area contributed by atoms with Crippen molar-refractivity contribution in [2.24, 2.45) is 5.41 Å². The average Bonchev–Trinajstić information content (AvgIpc) is 3.27. The number of imidazole rings is 1. The number of rotatable bonds is 6. The van der Waals surface area contributed by atoms with Gasteiger partial charge in [0.2, 0.25) is 0 Å². The van der Waals surface area contributed by atoms with Gasteiger partial charge in [-0.2, -0.15) is 0 Å². The predicted molar refractivity (Wildman–Crippen MR) is 104 cm³/mol. The van der Waals surface area contributed by atoms with Crippen molar-refractivity contribution in [2.75, 3.05) is 0 Å². The molecule has 0 fully saturated rings. The molecule has 2 aromatic heterocycles. The van der Waals surface area contributed by atoms with Crippen LogP contribution >= 0.6 is 11.6 Å². The number of nitrogens with one attached hydrogen (secondary N) is 1. The molecule has 1 N–H and O–H groups in total. The summed E-state index contributed by atoms with van der Waals surface area (Å²) in [5, 5.41) is 11.8. The van der Waals surface area contributed by atoms with Crippen LogP contribution in [0, 0.1) is 5.41 Å². The Labute approximate surface area is 163 Å². The van der Waals surface area contributed by atoms with Crippen molar-refractivity contribution < 1.29 is 4.79 Å². The Balaban J connectivity index is 1.69. The van der Waals surface area contributed by atoms with Crippen LogP contribution in [0.2, 0.25) is 5.02 Å². The third-order valence-corrected chi connectivity index (χ3v) is 4.73. The molecule has 0 aliphatic carbocycles. The smallest absolute Gasteiger partial charge is 0.273 e. The molecule has 0 bridgehead atoms. The van der Waals surface area contributed by atoms with Crippen LogP contribution in [0.5, 0.6) is 0 Å². The predicted octanol–water partition coefficient (Wildman–Crippen LogP) is 3.02. The van der Waals surface area contributed by atoms with Crippen LogP contribution in [0.1, 0.15) is 36.8 Å². The number of amides is 1. The largest absolute Gasteiger partial charge is 0.346 e. The highest BCUT2D eigenvalue weighted by Crippen LogP contribution is 2.21. The van der Waals surface area contributed by atoms with Crippen LogP contribution in [0.4, 0.5) is 0 Å². The second-order valence-electron chi connectivity index (χ2n) is 7.54. The number of halogens is 1. The Bertz CT molecular complexity index is 897. The highest BCUT2D eigenvalue weighted by molar-refractivity contribution is 6.31. The maximum absolute atomic E-state index is 12.7. The minimum Gasteiger partial charge on any atom is -0.346 e. The lowest BCUT2D eigenvalue weighted by Crippen LogP contribution is -2.46. The molecule has 27 heavy (non-hydrogen) atoms. The molecule has 2 heterocycles. The summed E-state index contributed by atoms with van der Waals surface area (Å²) in [7, 11) is 0. The molecule has 142 valence electrons. The van der Waals surface area contributed by atoms with Crippen molar-refractivity contribution in [1.29, 1.82) is 0 Å². The number of aromatic nitrogens is 5. The second kappa shape index (κ2) is 7.92. The Morgan fingerprint density at radius 1 is 1.30 bits per heavy atom. The molecule has 0 unspecified atom stereocenters. The molecule has 0 spiro atoms. The lowest BCUT2D eigenvalue weighted by Gasteiger charge is -2.31. The molecule has 1 atom stereocenters. The summed E-state index contributed by atoms with van der Waals surface area (Å²) in [5.41, 5.74) is 1.07. The molecule has 1 aromatic carbocycles. The Morgan fingerprint density at radius 3 is 2.74 bits per heavy atom. The summed E-state index contributed by atoms with van der Waals surface area (Å²) >= 11 is 6.18. The van der Waals surface area contributed by atoms with Gasteiger partial charge in [-0.05, 0) is 17.0 Å². The van der Waals surface area contributed by atoms with Crippen molar-refractivity contribution in [3.8, 4) is 0 Å². The Morgan fingerprint density at radius 2 is 2.07 bits per heavy atom. The first kappa shape index (κ1) is 19.1. The lowest BCUT2D eigenvalue weighted by atomic mass is 9.86. The molecule has 0 saturated carbocycles. The molecule has 1 amide bonds. The maximum atomic E-state index is 12.7.